The molecule has 0 atom stereocenters. The number of benzene rings is 2. The summed E-state index contributed by atoms with van der Waals surface area (Å²) in [5, 5.41) is 2.89. The molecule has 0 saturated carbocycles. The highest BCUT2D eigenvalue weighted by molar-refractivity contribution is 7.92. The van der Waals surface area contributed by atoms with Gasteiger partial charge in [0.15, 0.2) is 0 Å². The molecule has 3 aromatic rings. The van der Waals surface area contributed by atoms with E-state index in [0.29, 0.717) is 22.5 Å². The number of hydrogen-bond acceptors (Lipinski definition) is 4. The zero-order valence-electron chi connectivity index (χ0n) is 17.4. The van der Waals surface area contributed by atoms with Crippen molar-refractivity contribution in [2.75, 3.05) is 16.3 Å². The summed E-state index contributed by atoms with van der Waals surface area (Å²) in [6.45, 7) is 6.42. The average molecular weight is 424 g/mol. The number of hydrogen-bond donors (Lipinski definition) is 2. The molecule has 156 valence electrons. The molecule has 1 amide bonds. The van der Waals surface area contributed by atoms with Gasteiger partial charge in [-0.2, -0.15) is 0 Å². The van der Waals surface area contributed by atoms with Crippen LogP contribution in [-0.2, 0) is 15.4 Å². The summed E-state index contributed by atoms with van der Waals surface area (Å²) < 4.78 is 25.6. The molecule has 2 N–H and O–H groups in total. The Morgan fingerprint density at radius 1 is 0.933 bits per heavy atom. The van der Waals surface area contributed by atoms with E-state index in [0.717, 1.165) is 11.9 Å². The molecule has 0 unspecified atom stereocenters. The largest absolute Gasteiger partial charge is 0.322 e. The van der Waals surface area contributed by atoms with Crippen LogP contribution in [-0.4, -0.2) is 25.6 Å². The third-order valence-corrected chi connectivity index (χ3v) is 5.12. The van der Waals surface area contributed by atoms with Crippen molar-refractivity contribution in [2.45, 2.75) is 26.2 Å². The summed E-state index contributed by atoms with van der Waals surface area (Å²) >= 11 is 0. The molecule has 0 saturated heterocycles. The summed E-state index contributed by atoms with van der Waals surface area (Å²) in [4.78, 5) is 16.9. The second kappa shape index (κ2) is 8.28. The van der Waals surface area contributed by atoms with Gasteiger partial charge in [0.25, 0.3) is 5.91 Å². The maximum Gasteiger partial charge on any atom is 0.255 e. The third kappa shape index (κ3) is 5.45. The van der Waals surface area contributed by atoms with E-state index in [1.165, 1.54) is 5.56 Å². The lowest BCUT2D eigenvalue weighted by Gasteiger charge is -2.19. The summed E-state index contributed by atoms with van der Waals surface area (Å²) in [6.07, 6.45) is 2.68. The molecule has 0 aliphatic rings. The van der Waals surface area contributed by atoms with E-state index in [1.54, 1.807) is 42.6 Å². The lowest BCUT2D eigenvalue weighted by Crippen LogP contribution is -2.13. The number of nitrogens with one attached hydrogen (secondary N) is 2. The van der Waals surface area contributed by atoms with E-state index in [1.807, 2.05) is 24.3 Å². The first kappa shape index (κ1) is 21.5. The Hall–Kier alpha value is -3.19. The number of pyridine rings is 1. The first-order chi connectivity index (χ1) is 14.0. The number of sulfonamides is 1. The zero-order valence-corrected chi connectivity index (χ0v) is 18.2. The molecule has 30 heavy (non-hydrogen) atoms. The molecule has 6 nitrogen and oxygen atoms in total. The van der Waals surface area contributed by atoms with Crippen LogP contribution in [0.15, 0.2) is 66.9 Å². The van der Waals surface area contributed by atoms with Crippen molar-refractivity contribution in [3.63, 3.8) is 0 Å². The molecule has 1 heterocycles. The Balaban J connectivity index is 1.77. The third-order valence-electron chi connectivity index (χ3n) is 4.53. The fourth-order valence-corrected chi connectivity index (χ4v) is 3.52. The number of carbonyl (C=O) groups is 1. The molecule has 0 radical (unpaired) electrons. The molecule has 7 heteroatoms. The Bertz CT molecular complexity index is 1150. The molecule has 0 fully saturated rings. The molecule has 0 bridgehead atoms. The Morgan fingerprint density at radius 2 is 1.57 bits per heavy atom. The van der Waals surface area contributed by atoms with Crippen LogP contribution >= 0.6 is 0 Å². The number of nitrogens with zero attached hydrogens (tertiary/aromatic N) is 1. The molecule has 2 aromatic carbocycles. The molecule has 0 aliphatic carbocycles. The van der Waals surface area contributed by atoms with E-state index in [2.05, 4.69) is 35.8 Å². The number of aromatic nitrogens is 1. The Kier molecular flexibility index (Phi) is 5.94. The summed E-state index contributed by atoms with van der Waals surface area (Å²) in [5.41, 5.74) is 4.04. The van der Waals surface area contributed by atoms with Crippen LogP contribution in [0.1, 0.15) is 36.7 Å². The lowest BCUT2D eigenvalue weighted by atomic mass is 9.87. The van der Waals surface area contributed by atoms with Gasteiger partial charge in [-0.15, -0.1) is 0 Å². The molecule has 3 rings (SSSR count). The van der Waals surface area contributed by atoms with Crippen LogP contribution in [0.3, 0.4) is 0 Å². The zero-order chi connectivity index (χ0) is 21.9. The number of carbonyl (C=O) groups excluding carboxylic acids is 1. The molecular formula is C23H25N3O3S. The molecule has 1 aromatic heterocycles. The standard InChI is InChI=1S/C23H25N3O3S/c1-23(2,3)18-11-13-19(14-12-18)25-22(27)17-9-7-16(8-10-17)21-20(6-5-15-24-21)26-30(4,28)29/h5-15,26H,1-4H3,(H,25,27). The van der Waals surface area contributed by atoms with Gasteiger partial charge < -0.3 is 5.32 Å². The summed E-state index contributed by atoms with van der Waals surface area (Å²) in [7, 11) is -3.43. The topological polar surface area (TPSA) is 88.2 Å². The van der Waals surface area contributed by atoms with Crippen molar-refractivity contribution in [3.05, 3.63) is 78.0 Å². The summed E-state index contributed by atoms with van der Waals surface area (Å²) in [6, 6.07) is 18.0. The van der Waals surface area contributed by atoms with Gasteiger partial charge in [-0.05, 0) is 47.4 Å². The number of rotatable bonds is 5. The van der Waals surface area contributed by atoms with Gasteiger partial charge in [-0.25, -0.2) is 8.42 Å². The number of anilines is 2. The van der Waals surface area contributed by atoms with Crippen molar-refractivity contribution in [1.29, 1.82) is 0 Å². The minimum Gasteiger partial charge on any atom is -0.322 e. The van der Waals surface area contributed by atoms with E-state index in [4.69, 9.17) is 0 Å². The van der Waals surface area contributed by atoms with Crippen LogP contribution in [0, 0.1) is 0 Å². The van der Waals surface area contributed by atoms with Gasteiger partial charge in [-0.1, -0.05) is 45.0 Å². The van der Waals surface area contributed by atoms with Gasteiger partial charge in [0.05, 0.1) is 17.6 Å². The maximum absolute atomic E-state index is 12.6. The normalized spacial score (nSPS) is 11.7. The maximum atomic E-state index is 12.6. The van der Waals surface area contributed by atoms with Crippen LogP contribution in [0.2, 0.25) is 0 Å². The summed E-state index contributed by atoms with van der Waals surface area (Å²) in [5.74, 6) is -0.222. The Labute approximate surface area is 177 Å². The van der Waals surface area contributed by atoms with Crippen LogP contribution in [0.4, 0.5) is 11.4 Å². The fourth-order valence-electron chi connectivity index (χ4n) is 2.95. The second-order valence-electron chi connectivity index (χ2n) is 8.13. The average Bonchev–Trinajstić information content (AvgIpc) is 2.67. The smallest absolute Gasteiger partial charge is 0.255 e. The SMILES string of the molecule is CC(C)(C)c1ccc(NC(=O)c2ccc(-c3ncccc3NS(C)(=O)=O)cc2)cc1. The van der Waals surface area contributed by atoms with Crippen molar-refractivity contribution >= 4 is 27.3 Å². The Morgan fingerprint density at radius 3 is 2.13 bits per heavy atom. The van der Waals surface area contributed by atoms with Gasteiger partial charge in [-0.3, -0.25) is 14.5 Å². The highest BCUT2D eigenvalue weighted by Gasteiger charge is 2.14. The quantitative estimate of drug-likeness (QED) is 0.624. The van der Waals surface area contributed by atoms with Crippen LogP contribution in [0.25, 0.3) is 11.3 Å². The van der Waals surface area contributed by atoms with Crippen LogP contribution in [0.5, 0.6) is 0 Å². The van der Waals surface area contributed by atoms with Gasteiger partial charge >= 0.3 is 0 Å². The van der Waals surface area contributed by atoms with E-state index in [-0.39, 0.29) is 11.3 Å². The van der Waals surface area contributed by atoms with Crippen LogP contribution < -0.4 is 10.0 Å². The van der Waals surface area contributed by atoms with Gasteiger partial charge in [0.1, 0.15) is 0 Å². The monoisotopic (exact) mass is 423 g/mol. The molecule has 0 aliphatic heterocycles. The van der Waals surface area contributed by atoms with Crippen molar-refractivity contribution in [3.8, 4) is 11.3 Å². The first-order valence-corrected chi connectivity index (χ1v) is 11.4. The van der Waals surface area contributed by atoms with Gasteiger partial charge in [0, 0.05) is 23.0 Å². The van der Waals surface area contributed by atoms with E-state index in [9.17, 15) is 13.2 Å². The van der Waals surface area contributed by atoms with Gasteiger partial charge in [0.2, 0.25) is 10.0 Å². The highest BCUT2D eigenvalue weighted by atomic mass is 32.2. The second-order valence-corrected chi connectivity index (χ2v) is 9.88. The van der Waals surface area contributed by atoms with Crippen molar-refractivity contribution < 1.29 is 13.2 Å². The lowest BCUT2D eigenvalue weighted by molar-refractivity contribution is 0.102. The van der Waals surface area contributed by atoms with E-state index >= 15 is 0 Å². The minimum atomic E-state index is -3.43. The van der Waals surface area contributed by atoms with Crippen molar-refractivity contribution in [2.24, 2.45) is 0 Å². The fraction of sp³-hybridized carbons (Fsp3) is 0.217. The minimum absolute atomic E-state index is 0.0503. The number of amides is 1. The molecular weight excluding hydrogens is 398 g/mol. The van der Waals surface area contributed by atoms with E-state index < -0.39 is 10.0 Å². The highest BCUT2D eigenvalue weighted by Crippen LogP contribution is 2.27. The first-order valence-electron chi connectivity index (χ1n) is 9.48. The predicted molar refractivity (Wildman–Crippen MR) is 121 cm³/mol. The predicted octanol–water partition coefficient (Wildman–Crippen LogP) is 4.67. The van der Waals surface area contributed by atoms with Crippen molar-refractivity contribution in [1.82, 2.24) is 4.98 Å². The molecule has 0 spiro atoms.